The third-order valence-corrected chi connectivity index (χ3v) is 4.54. The van der Waals surface area contributed by atoms with Gasteiger partial charge in [-0.05, 0) is 38.2 Å². The Labute approximate surface area is 148 Å². The van der Waals surface area contributed by atoms with E-state index < -0.39 is 0 Å². The number of carbonyl (C=O) groups is 1. The van der Waals surface area contributed by atoms with Gasteiger partial charge in [0.15, 0.2) is 0 Å². The Morgan fingerprint density at radius 3 is 3.00 bits per heavy atom. The molecule has 0 spiro atoms. The second kappa shape index (κ2) is 8.67. The second-order valence-electron chi connectivity index (χ2n) is 6.49. The number of amides is 1. The van der Waals surface area contributed by atoms with Crippen molar-refractivity contribution in [2.45, 2.75) is 25.8 Å². The molecule has 0 saturated carbocycles. The third kappa shape index (κ3) is 5.06. The number of furan rings is 1. The van der Waals surface area contributed by atoms with Crippen molar-refractivity contribution in [2.75, 3.05) is 38.1 Å². The molecule has 6 nitrogen and oxygen atoms in total. The summed E-state index contributed by atoms with van der Waals surface area (Å²) in [5.41, 5.74) is 1.07. The zero-order valence-electron chi connectivity index (χ0n) is 14.8. The van der Waals surface area contributed by atoms with Gasteiger partial charge in [-0.2, -0.15) is 0 Å². The summed E-state index contributed by atoms with van der Waals surface area (Å²) >= 11 is 0. The van der Waals surface area contributed by atoms with Crippen molar-refractivity contribution in [3.05, 3.63) is 48.0 Å². The summed E-state index contributed by atoms with van der Waals surface area (Å²) in [6.07, 6.45) is 5.64. The van der Waals surface area contributed by atoms with Crippen LogP contribution in [0.15, 0.2) is 41.1 Å². The molecule has 3 heterocycles. The molecule has 0 radical (unpaired) electrons. The van der Waals surface area contributed by atoms with Gasteiger partial charge in [0, 0.05) is 50.8 Å². The molecule has 1 saturated heterocycles. The van der Waals surface area contributed by atoms with Crippen LogP contribution in [0.2, 0.25) is 0 Å². The standard InChI is InChI=1S/C19H26N4O2/c1-22-10-4-11-23(13-12-22)19-16(5-2-9-20-19)15-21-18(24)8-7-17-6-3-14-25-17/h2-3,5-6,9,14H,4,7-8,10-13,15H2,1H3,(H,21,24). The van der Waals surface area contributed by atoms with Gasteiger partial charge in [0.2, 0.25) is 5.91 Å². The highest BCUT2D eigenvalue weighted by Crippen LogP contribution is 2.19. The Balaban J connectivity index is 1.56. The lowest BCUT2D eigenvalue weighted by molar-refractivity contribution is -0.121. The van der Waals surface area contributed by atoms with Crippen molar-refractivity contribution in [1.82, 2.24) is 15.2 Å². The van der Waals surface area contributed by atoms with Crippen LogP contribution in [0.4, 0.5) is 5.82 Å². The molecule has 1 fully saturated rings. The van der Waals surface area contributed by atoms with Gasteiger partial charge >= 0.3 is 0 Å². The average molecular weight is 342 g/mol. The number of likely N-dealkylation sites (N-methyl/N-ethyl adjacent to an activating group) is 1. The molecule has 0 atom stereocenters. The number of pyridine rings is 1. The van der Waals surface area contributed by atoms with E-state index in [0.717, 1.165) is 49.7 Å². The first kappa shape index (κ1) is 17.5. The summed E-state index contributed by atoms with van der Waals surface area (Å²) in [5.74, 6) is 1.86. The maximum atomic E-state index is 12.1. The summed E-state index contributed by atoms with van der Waals surface area (Å²) in [4.78, 5) is 21.4. The minimum absolute atomic E-state index is 0.0294. The lowest BCUT2D eigenvalue weighted by Gasteiger charge is -2.24. The monoisotopic (exact) mass is 342 g/mol. The predicted octanol–water partition coefficient (Wildman–Crippen LogP) is 2.07. The van der Waals surface area contributed by atoms with E-state index in [2.05, 4.69) is 27.1 Å². The molecule has 2 aromatic rings. The maximum absolute atomic E-state index is 12.1. The average Bonchev–Trinajstić information content (AvgIpc) is 3.06. The molecule has 0 bridgehead atoms. The number of aryl methyl sites for hydroxylation is 1. The SMILES string of the molecule is CN1CCCN(c2ncccc2CNC(=O)CCc2ccco2)CC1. The van der Waals surface area contributed by atoms with E-state index in [9.17, 15) is 4.79 Å². The number of aromatic nitrogens is 1. The first-order valence-electron chi connectivity index (χ1n) is 8.89. The molecule has 0 unspecified atom stereocenters. The highest BCUT2D eigenvalue weighted by molar-refractivity contribution is 5.76. The zero-order valence-corrected chi connectivity index (χ0v) is 14.8. The van der Waals surface area contributed by atoms with Crippen LogP contribution in [-0.2, 0) is 17.8 Å². The lowest BCUT2D eigenvalue weighted by Crippen LogP contribution is -2.31. The van der Waals surface area contributed by atoms with Crippen molar-refractivity contribution >= 4 is 11.7 Å². The number of rotatable bonds is 6. The van der Waals surface area contributed by atoms with E-state index in [1.807, 2.05) is 30.5 Å². The summed E-state index contributed by atoms with van der Waals surface area (Å²) in [5, 5.41) is 3.01. The summed E-state index contributed by atoms with van der Waals surface area (Å²) in [6.45, 7) is 4.62. The molecular formula is C19H26N4O2. The first-order chi connectivity index (χ1) is 12.2. The van der Waals surface area contributed by atoms with Gasteiger partial charge in [0.25, 0.3) is 0 Å². The van der Waals surface area contributed by atoms with Crippen molar-refractivity contribution in [1.29, 1.82) is 0 Å². The first-order valence-corrected chi connectivity index (χ1v) is 8.89. The highest BCUT2D eigenvalue weighted by atomic mass is 16.3. The van der Waals surface area contributed by atoms with Crippen LogP contribution < -0.4 is 10.2 Å². The number of nitrogens with zero attached hydrogens (tertiary/aromatic N) is 3. The van der Waals surface area contributed by atoms with E-state index in [4.69, 9.17) is 4.42 Å². The fraction of sp³-hybridized carbons (Fsp3) is 0.474. The Morgan fingerprint density at radius 1 is 1.24 bits per heavy atom. The van der Waals surface area contributed by atoms with Crippen molar-refractivity contribution < 1.29 is 9.21 Å². The molecule has 134 valence electrons. The largest absolute Gasteiger partial charge is 0.469 e. The number of hydrogen-bond donors (Lipinski definition) is 1. The van der Waals surface area contributed by atoms with E-state index in [1.54, 1.807) is 6.26 Å². The minimum atomic E-state index is 0.0294. The van der Waals surface area contributed by atoms with Crippen LogP contribution >= 0.6 is 0 Å². The van der Waals surface area contributed by atoms with Crippen LogP contribution in [0.25, 0.3) is 0 Å². The molecular weight excluding hydrogens is 316 g/mol. The predicted molar refractivity (Wildman–Crippen MR) is 97.4 cm³/mol. The molecule has 2 aromatic heterocycles. The molecule has 1 amide bonds. The van der Waals surface area contributed by atoms with Crippen LogP contribution in [0.1, 0.15) is 24.2 Å². The van der Waals surface area contributed by atoms with Crippen LogP contribution in [-0.4, -0.2) is 49.0 Å². The maximum Gasteiger partial charge on any atom is 0.220 e. The summed E-state index contributed by atoms with van der Waals surface area (Å²) in [6, 6.07) is 7.71. The molecule has 0 aliphatic carbocycles. The zero-order chi connectivity index (χ0) is 17.5. The summed E-state index contributed by atoms with van der Waals surface area (Å²) in [7, 11) is 2.15. The quantitative estimate of drug-likeness (QED) is 0.871. The Hall–Kier alpha value is -2.34. The Kier molecular flexibility index (Phi) is 6.06. The van der Waals surface area contributed by atoms with Gasteiger partial charge in [-0.1, -0.05) is 6.07 Å². The fourth-order valence-electron chi connectivity index (χ4n) is 3.09. The second-order valence-corrected chi connectivity index (χ2v) is 6.49. The molecule has 1 aliphatic heterocycles. The van der Waals surface area contributed by atoms with Gasteiger partial charge in [-0.15, -0.1) is 0 Å². The topological polar surface area (TPSA) is 61.6 Å². The van der Waals surface area contributed by atoms with Crippen LogP contribution in [0, 0.1) is 0 Å². The number of nitrogens with one attached hydrogen (secondary N) is 1. The molecule has 3 rings (SSSR count). The lowest BCUT2D eigenvalue weighted by atomic mass is 10.2. The number of hydrogen-bond acceptors (Lipinski definition) is 5. The van der Waals surface area contributed by atoms with E-state index >= 15 is 0 Å². The van der Waals surface area contributed by atoms with Gasteiger partial charge in [0.1, 0.15) is 11.6 Å². The molecule has 6 heteroatoms. The number of anilines is 1. The van der Waals surface area contributed by atoms with Gasteiger partial charge in [-0.25, -0.2) is 4.98 Å². The third-order valence-electron chi connectivity index (χ3n) is 4.54. The highest BCUT2D eigenvalue weighted by Gasteiger charge is 2.16. The smallest absolute Gasteiger partial charge is 0.220 e. The normalized spacial score (nSPS) is 15.8. The van der Waals surface area contributed by atoms with Crippen molar-refractivity contribution in [2.24, 2.45) is 0 Å². The van der Waals surface area contributed by atoms with E-state index in [-0.39, 0.29) is 5.91 Å². The van der Waals surface area contributed by atoms with Crippen LogP contribution in [0.3, 0.4) is 0 Å². The fourth-order valence-corrected chi connectivity index (χ4v) is 3.09. The molecule has 1 aliphatic rings. The Morgan fingerprint density at radius 2 is 2.16 bits per heavy atom. The van der Waals surface area contributed by atoms with Crippen molar-refractivity contribution in [3.8, 4) is 0 Å². The van der Waals surface area contributed by atoms with E-state index in [0.29, 0.717) is 19.4 Å². The summed E-state index contributed by atoms with van der Waals surface area (Å²) < 4.78 is 5.26. The van der Waals surface area contributed by atoms with Gasteiger partial charge < -0.3 is 19.5 Å². The minimum Gasteiger partial charge on any atom is -0.469 e. The van der Waals surface area contributed by atoms with Crippen LogP contribution in [0.5, 0.6) is 0 Å². The molecule has 0 aromatic carbocycles. The molecule has 25 heavy (non-hydrogen) atoms. The Bertz CT molecular complexity index is 672. The number of carbonyl (C=O) groups excluding carboxylic acids is 1. The van der Waals surface area contributed by atoms with Gasteiger partial charge in [-0.3, -0.25) is 4.79 Å². The molecule has 1 N–H and O–H groups in total. The van der Waals surface area contributed by atoms with Crippen molar-refractivity contribution in [3.63, 3.8) is 0 Å². The van der Waals surface area contributed by atoms with Gasteiger partial charge in [0.05, 0.1) is 6.26 Å². The van der Waals surface area contributed by atoms with E-state index in [1.165, 1.54) is 0 Å².